The predicted molar refractivity (Wildman–Crippen MR) is 104 cm³/mol. The summed E-state index contributed by atoms with van der Waals surface area (Å²) in [5, 5.41) is 0.786. The molecule has 2 aromatic rings. The molecule has 1 fully saturated rings. The minimum atomic E-state index is -0.288. The first-order chi connectivity index (χ1) is 12.6. The number of halogens is 1. The molecule has 0 radical (unpaired) electrons. The topological polar surface area (TPSA) is 32.8 Å². The lowest BCUT2D eigenvalue weighted by Gasteiger charge is -2.22. The number of rotatable bonds is 5. The van der Waals surface area contributed by atoms with Crippen molar-refractivity contribution in [3.63, 3.8) is 0 Å². The Balaban J connectivity index is 1.52. The fraction of sp³-hybridized carbons (Fsp3) is 0.381. The second-order valence-corrected chi connectivity index (χ2v) is 7.16. The van der Waals surface area contributed by atoms with Gasteiger partial charge in [-0.15, -0.1) is 0 Å². The van der Waals surface area contributed by atoms with Gasteiger partial charge in [-0.1, -0.05) is 35.9 Å². The van der Waals surface area contributed by atoms with Crippen LogP contribution in [0.15, 0.2) is 48.5 Å². The van der Waals surface area contributed by atoms with E-state index in [4.69, 9.17) is 16.3 Å². The van der Waals surface area contributed by atoms with E-state index in [9.17, 15) is 4.79 Å². The fourth-order valence-corrected chi connectivity index (χ4v) is 3.44. The number of methoxy groups -OCH3 is 1. The van der Waals surface area contributed by atoms with Gasteiger partial charge in [0, 0.05) is 31.2 Å². The number of benzene rings is 2. The molecular formula is C21H25ClN2O2. The van der Waals surface area contributed by atoms with Crippen LogP contribution in [0.1, 0.15) is 27.9 Å². The summed E-state index contributed by atoms with van der Waals surface area (Å²) in [5.41, 5.74) is 3.13. The van der Waals surface area contributed by atoms with Gasteiger partial charge in [0.25, 0.3) is 0 Å². The van der Waals surface area contributed by atoms with Gasteiger partial charge in [0.15, 0.2) is 0 Å². The second kappa shape index (κ2) is 9.17. The van der Waals surface area contributed by atoms with Gasteiger partial charge in [-0.3, -0.25) is 9.80 Å². The largest absolute Gasteiger partial charge is 0.465 e. The molecule has 0 aliphatic carbocycles. The van der Waals surface area contributed by atoms with Crippen molar-refractivity contribution in [2.45, 2.75) is 19.5 Å². The Labute approximate surface area is 160 Å². The summed E-state index contributed by atoms with van der Waals surface area (Å²) in [6, 6.07) is 15.8. The van der Waals surface area contributed by atoms with Gasteiger partial charge in [0.05, 0.1) is 12.7 Å². The summed E-state index contributed by atoms with van der Waals surface area (Å²) in [6.45, 7) is 6.20. The molecule has 0 bridgehead atoms. The Morgan fingerprint density at radius 1 is 0.885 bits per heavy atom. The van der Waals surface area contributed by atoms with Crippen LogP contribution >= 0.6 is 11.6 Å². The Hall–Kier alpha value is -1.88. The van der Waals surface area contributed by atoms with Crippen molar-refractivity contribution in [3.8, 4) is 0 Å². The Kier molecular flexibility index (Phi) is 6.67. The lowest BCUT2D eigenvalue weighted by atomic mass is 10.1. The first-order valence-electron chi connectivity index (χ1n) is 9.00. The SMILES string of the molecule is COC(=O)c1ccc(CN2CCCN(Cc3ccc(Cl)cc3)CC2)cc1. The number of hydrogen-bond acceptors (Lipinski definition) is 4. The monoisotopic (exact) mass is 372 g/mol. The highest BCUT2D eigenvalue weighted by Gasteiger charge is 2.15. The molecule has 3 rings (SSSR count). The zero-order valence-electron chi connectivity index (χ0n) is 15.2. The second-order valence-electron chi connectivity index (χ2n) is 6.72. The van der Waals surface area contributed by atoms with E-state index < -0.39 is 0 Å². The molecule has 26 heavy (non-hydrogen) atoms. The zero-order chi connectivity index (χ0) is 18.4. The molecule has 0 amide bonds. The molecule has 1 saturated heterocycles. The van der Waals surface area contributed by atoms with Crippen LogP contribution in [0.25, 0.3) is 0 Å². The summed E-state index contributed by atoms with van der Waals surface area (Å²) in [5.74, 6) is -0.288. The van der Waals surface area contributed by atoms with Gasteiger partial charge >= 0.3 is 5.97 Å². The smallest absolute Gasteiger partial charge is 0.337 e. The summed E-state index contributed by atoms with van der Waals surface area (Å²) >= 11 is 5.97. The number of esters is 1. The van der Waals surface area contributed by atoms with E-state index in [1.807, 2.05) is 36.4 Å². The number of hydrogen-bond donors (Lipinski definition) is 0. The maximum Gasteiger partial charge on any atom is 0.337 e. The normalized spacial score (nSPS) is 16.2. The maximum atomic E-state index is 11.5. The summed E-state index contributed by atoms with van der Waals surface area (Å²) in [7, 11) is 1.41. The van der Waals surface area contributed by atoms with Crippen molar-refractivity contribution >= 4 is 17.6 Å². The maximum absolute atomic E-state index is 11.5. The van der Waals surface area contributed by atoms with Crippen LogP contribution in [0, 0.1) is 0 Å². The summed E-state index contributed by atoms with van der Waals surface area (Å²) in [6.07, 6.45) is 1.16. The van der Waals surface area contributed by atoms with Crippen LogP contribution in [0.3, 0.4) is 0 Å². The van der Waals surface area contributed by atoms with Gasteiger partial charge in [0.2, 0.25) is 0 Å². The molecule has 2 aromatic carbocycles. The molecule has 0 aromatic heterocycles. The van der Waals surface area contributed by atoms with Crippen molar-refractivity contribution in [2.24, 2.45) is 0 Å². The molecule has 138 valence electrons. The van der Waals surface area contributed by atoms with Crippen molar-refractivity contribution in [2.75, 3.05) is 33.3 Å². The van der Waals surface area contributed by atoms with Crippen molar-refractivity contribution < 1.29 is 9.53 Å². The molecule has 0 N–H and O–H groups in total. The lowest BCUT2D eigenvalue weighted by Crippen LogP contribution is -2.30. The number of carbonyl (C=O) groups is 1. The molecule has 1 heterocycles. The van der Waals surface area contributed by atoms with E-state index in [1.54, 1.807) is 0 Å². The predicted octanol–water partition coefficient (Wildman–Crippen LogP) is 3.83. The van der Waals surface area contributed by atoms with Gasteiger partial charge in [-0.25, -0.2) is 4.79 Å². The molecule has 0 atom stereocenters. The molecule has 0 spiro atoms. The van der Waals surface area contributed by atoms with Crippen LogP contribution in [-0.4, -0.2) is 49.1 Å². The van der Waals surface area contributed by atoms with Crippen LogP contribution in [-0.2, 0) is 17.8 Å². The highest BCUT2D eigenvalue weighted by atomic mass is 35.5. The fourth-order valence-electron chi connectivity index (χ4n) is 3.31. The highest BCUT2D eigenvalue weighted by molar-refractivity contribution is 6.30. The van der Waals surface area contributed by atoms with E-state index in [0.717, 1.165) is 50.7 Å². The Morgan fingerprint density at radius 2 is 1.38 bits per heavy atom. The molecule has 0 saturated carbocycles. The number of nitrogens with zero attached hydrogens (tertiary/aromatic N) is 2. The van der Waals surface area contributed by atoms with Crippen LogP contribution < -0.4 is 0 Å². The van der Waals surface area contributed by atoms with Gasteiger partial charge in [-0.2, -0.15) is 0 Å². The van der Waals surface area contributed by atoms with Crippen molar-refractivity contribution in [1.29, 1.82) is 0 Å². The first-order valence-corrected chi connectivity index (χ1v) is 9.38. The third-order valence-corrected chi connectivity index (χ3v) is 5.03. The van der Waals surface area contributed by atoms with Gasteiger partial charge < -0.3 is 4.74 Å². The number of ether oxygens (including phenoxy) is 1. The van der Waals surface area contributed by atoms with E-state index in [1.165, 1.54) is 18.2 Å². The van der Waals surface area contributed by atoms with E-state index in [0.29, 0.717) is 5.56 Å². The van der Waals surface area contributed by atoms with Crippen LogP contribution in [0.2, 0.25) is 5.02 Å². The molecular weight excluding hydrogens is 348 g/mol. The average molecular weight is 373 g/mol. The highest BCUT2D eigenvalue weighted by Crippen LogP contribution is 2.15. The van der Waals surface area contributed by atoms with Gasteiger partial charge in [-0.05, 0) is 54.9 Å². The minimum absolute atomic E-state index is 0.288. The summed E-state index contributed by atoms with van der Waals surface area (Å²) < 4.78 is 4.75. The Morgan fingerprint density at radius 3 is 1.88 bits per heavy atom. The third-order valence-electron chi connectivity index (χ3n) is 4.78. The molecule has 0 unspecified atom stereocenters. The van der Waals surface area contributed by atoms with Gasteiger partial charge in [0.1, 0.15) is 0 Å². The summed E-state index contributed by atoms with van der Waals surface area (Å²) in [4.78, 5) is 16.5. The molecule has 1 aliphatic heterocycles. The first kappa shape index (κ1) is 18.9. The molecule has 5 heteroatoms. The zero-order valence-corrected chi connectivity index (χ0v) is 15.9. The van der Waals surface area contributed by atoms with E-state index >= 15 is 0 Å². The number of carbonyl (C=O) groups excluding carboxylic acids is 1. The lowest BCUT2D eigenvalue weighted by molar-refractivity contribution is 0.0600. The van der Waals surface area contributed by atoms with Crippen LogP contribution in [0.4, 0.5) is 0 Å². The quantitative estimate of drug-likeness (QED) is 0.747. The molecule has 1 aliphatic rings. The third kappa shape index (κ3) is 5.31. The van der Waals surface area contributed by atoms with Crippen LogP contribution in [0.5, 0.6) is 0 Å². The Bertz CT molecular complexity index is 716. The minimum Gasteiger partial charge on any atom is -0.465 e. The molecule has 4 nitrogen and oxygen atoms in total. The standard InChI is InChI=1S/C21H25ClN2O2/c1-26-21(25)19-7-3-17(4-8-19)15-23-11-2-12-24(14-13-23)16-18-5-9-20(22)10-6-18/h3-10H,2,11-16H2,1H3. The van der Waals surface area contributed by atoms with E-state index in [2.05, 4.69) is 21.9 Å². The average Bonchev–Trinajstić information content (AvgIpc) is 2.89. The van der Waals surface area contributed by atoms with Crippen molar-refractivity contribution in [1.82, 2.24) is 9.80 Å². The van der Waals surface area contributed by atoms with E-state index in [-0.39, 0.29) is 5.97 Å². The van der Waals surface area contributed by atoms with Crippen molar-refractivity contribution in [3.05, 3.63) is 70.2 Å².